The van der Waals surface area contributed by atoms with Gasteiger partial charge < -0.3 is 9.31 Å². The van der Waals surface area contributed by atoms with Crippen molar-refractivity contribution in [3.63, 3.8) is 0 Å². The summed E-state index contributed by atoms with van der Waals surface area (Å²) in [7, 11) is -0.403. The van der Waals surface area contributed by atoms with Gasteiger partial charge in [-0.3, -0.25) is 0 Å². The van der Waals surface area contributed by atoms with E-state index in [0.29, 0.717) is 0 Å². The first-order valence-corrected chi connectivity index (χ1v) is 15.1. The van der Waals surface area contributed by atoms with Crippen molar-refractivity contribution in [2.75, 3.05) is 0 Å². The smallest absolute Gasteiger partial charge is 0.399 e. The molecule has 6 aromatic carbocycles. The zero-order valence-corrected chi connectivity index (χ0v) is 25.0. The molecule has 0 radical (unpaired) electrons. The molecule has 0 N–H and O–H groups in total. The molecule has 0 saturated carbocycles. The summed E-state index contributed by atoms with van der Waals surface area (Å²) in [5, 5.41) is 2.47. The van der Waals surface area contributed by atoms with Crippen molar-refractivity contribution in [2.45, 2.75) is 38.9 Å². The van der Waals surface area contributed by atoms with E-state index >= 15 is 0 Å². The molecule has 1 aliphatic heterocycles. The van der Waals surface area contributed by atoms with Crippen LogP contribution >= 0.6 is 0 Å². The van der Waals surface area contributed by atoms with Crippen molar-refractivity contribution in [1.82, 2.24) is 0 Å². The molecule has 6 aromatic rings. The van der Waals surface area contributed by atoms with E-state index in [1.807, 2.05) is 0 Å². The average molecular weight is 557 g/mol. The first-order valence-electron chi connectivity index (χ1n) is 15.1. The highest BCUT2D eigenvalue weighted by atomic mass is 16.7. The maximum atomic E-state index is 6.50. The molecule has 8 rings (SSSR count). The Morgan fingerprint density at radius 1 is 0.442 bits per heavy atom. The topological polar surface area (TPSA) is 18.5 Å². The first kappa shape index (κ1) is 26.2. The van der Waals surface area contributed by atoms with Crippen molar-refractivity contribution >= 4 is 23.4 Å². The van der Waals surface area contributed by atoms with Crippen LogP contribution in [0.4, 0.5) is 0 Å². The van der Waals surface area contributed by atoms with Gasteiger partial charge in [-0.2, -0.15) is 0 Å². The fourth-order valence-corrected chi connectivity index (χ4v) is 6.79. The largest absolute Gasteiger partial charge is 0.495 e. The van der Waals surface area contributed by atoms with E-state index in [-0.39, 0.29) is 11.2 Å². The highest BCUT2D eigenvalue weighted by Crippen LogP contribution is 2.50. The summed E-state index contributed by atoms with van der Waals surface area (Å²) in [6.07, 6.45) is 0. The second-order valence-electron chi connectivity index (χ2n) is 12.7. The minimum Gasteiger partial charge on any atom is -0.399 e. The lowest BCUT2D eigenvalue weighted by molar-refractivity contribution is 0.00578. The van der Waals surface area contributed by atoms with Crippen LogP contribution in [0.3, 0.4) is 0 Å². The molecule has 0 amide bonds. The molecule has 43 heavy (non-hydrogen) atoms. The van der Waals surface area contributed by atoms with Crippen molar-refractivity contribution in [3.8, 4) is 55.6 Å². The van der Waals surface area contributed by atoms with E-state index in [1.54, 1.807) is 0 Å². The normalized spacial score (nSPS) is 16.0. The molecule has 0 aromatic heterocycles. The van der Waals surface area contributed by atoms with Gasteiger partial charge in [-0.1, -0.05) is 121 Å². The number of rotatable bonds is 4. The van der Waals surface area contributed by atoms with Crippen LogP contribution in [0.15, 0.2) is 127 Å². The number of benzene rings is 6. The second-order valence-corrected chi connectivity index (χ2v) is 12.7. The molecule has 1 saturated heterocycles. The van der Waals surface area contributed by atoms with Crippen LogP contribution in [0.25, 0.3) is 66.4 Å². The Balaban J connectivity index is 1.31. The monoisotopic (exact) mass is 556 g/mol. The van der Waals surface area contributed by atoms with E-state index in [4.69, 9.17) is 9.31 Å². The summed E-state index contributed by atoms with van der Waals surface area (Å²) >= 11 is 0. The van der Waals surface area contributed by atoms with Crippen molar-refractivity contribution in [1.29, 1.82) is 0 Å². The Hall–Kier alpha value is -4.44. The molecule has 1 aliphatic carbocycles. The van der Waals surface area contributed by atoms with Gasteiger partial charge in [-0.05, 0) is 106 Å². The Labute approximate surface area is 254 Å². The van der Waals surface area contributed by atoms with E-state index in [0.717, 1.165) is 5.46 Å². The Morgan fingerprint density at radius 2 is 0.977 bits per heavy atom. The van der Waals surface area contributed by atoms with Crippen molar-refractivity contribution in [3.05, 3.63) is 127 Å². The minimum absolute atomic E-state index is 0.388. The average Bonchev–Trinajstić information content (AvgIpc) is 3.47. The zero-order valence-electron chi connectivity index (χ0n) is 25.0. The highest BCUT2D eigenvalue weighted by Gasteiger charge is 2.52. The minimum atomic E-state index is -0.403. The maximum Gasteiger partial charge on any atom is 0.495 e. The Bertz CT molecular complexity index is 1950. The van der Waals surface area contributed by atoms with Gasteiger partial charge in [0.1, 0.15) is 0 Å². The molecule has 0 unspecified atom stereocenters. The van der Waals surface area contributed by atoms with Crippen LogP contribution in [-0.2, 0) is 9.31 Å². The van der Waals surface area contributed by atoms with Crippen LogP contribution in [-0.4, -0.2) is 18.3 Å². The van der Waals surface area contributed by atoms with Crippen molar-refractivity contribution in [2.24, 2.45) is 0 Å². The summed E-state index contributed by atoms with van der Waals surface area (Å²) in [6.45, 7) is 8.45. The molecule has 208 valence electrons. The third kappa shape index (κ3) is 4.03. The lowest BCUT2D eigenvalue weighted by Crippen LogP contribution is -2.41. The lowest BCUT2D eigenvalue weighted by atomic mass is 9.75. The summed E-state index contributed by atoms with van der Waals surface area (Å²) in [4.78, 5) is 0. The Morgan fingerprint density at radius 3 is 1.60 bits per heavy atom. The van der Waals surface area contributed by atoms with E-state index in [1.165, 1.54) is 66.4 Å². The van der Waals surface area contributed by atoms with Crippen LogP contribution in [0, 0.1) is 0 Å². The summed E-state index contributed by atoms with van der Waals surface area (Å²) < 4.78 is 13.0. The van der Waals surface area contributed by atoms with E-state index in [2.05, 4.69) is 155 Å². The highest BCUT2D eigenvalue weighted by molar-refractivity contribution is 6.65. The van der Waals surface area contributed by atoms with Gasteiger partial charge in [-0.15, -0.1) is 0 Å². The second kappa shape index (κ2) is 9.54. The van der Waals surface area contributed by atoms with Gasteiger partial charge in [0.05, 0.1) is 11.2 Å². The molecule has 1 fully saturated rings. The van der Waals surface area contributed by atoms with Gasteiger partial charge in [0.15, 0.2) is 0 Å². The third-order valence-electron chi connectivity index (χ3n) is 9.70. The number of hydrogen-bond acceptors (Lipinski definition) is 2. The van der Waals surface area contributed by atoms with E-state index in [9.17, 15) is 0 Å². The van der Waals surface area contributed by atoms with Crippen LogP contribution in [0.5, 0.6) is 0 Å². The fraction of sp³-hybridized carbons (Fsp3) is 0.150. The molecular formula is C40H33BO2. The summed E-state index contributed by atoms with van der Waals surface area (Å²) in [6, 6.07) is 46.2. The standard InChI is InChI=1S/C40H33BO2/c1-39(2)40(3,4)43-41(42-39)36-24-23-33-35-25-28(21-22-31(35)32-19-12-20-34(36)38(32)33)37-29(26-13-7-5-8-14-26)17-11-18-30(37)27-15-9-6-10-16-27/h5-25H,1-4H3. The van der Waals surface area contributed by atoms with Gasteiger partial charge in [0, 0.05) is 0 Å². The Kier molecular flexibility index (Phi) is 5.81. The maximum absolute atomic E-state index is 6.50. The first-order chi connectivity index (χ1) is 20.8. The summed E-state index contributed by atoms with van der Waals surface area (Å²) in [5.41, 5.74) is 12.8. The molecule has 1 heterocycles. The van der Waals surface area contributed by atoms with Crippen LogP contribution in [0.2, 0.25) is 0 Å². The third-order valence-corrected chi connectivity index (χ3v) is 9.70. The van der Waals surface area contributed by atoms with Crippen molar-refractivity contribution < 1.29 is 9.31 Å². The molecule has 2 aliphatic rings. The lowest BCUT2D eigenvalue weighted by Gasteiger charge is -2.32. The fourth-order valence-electron chi connectivity index (χ4n) is 6.79. The molecule has 3 heteroatoms. The van der Waals surface area contributed by atoms with Crippen LogP contribution < -0.4 is 5.46 Å². The number of hydrogen-bond donors (Lipinski definition) is 0. The SMILES string of the molecule is CC1(C)OB(c2ccc3c4c(cccc24)-c2ccc(-c4c(-c5ccccc5)cccc4-c4ccccc4)cc2-3)OC1(C)C. The van der Waals surface area contributed by atoms with Gasteiger partial charge >= 0.3 is 7.12 Å². The van der Waals surface area contributed by atoms with Gasteiger partial charge in [0.2, 0.25) is 0 Å². The quantitative estimate of drug-likeness (QED) is 0.201. The molecule has 0 spiro atoms. The van der Waals surface area contributed by atoms with Gasteiger partial charge in [-0.25, -0.2) is 0 Å². The zero-order chi connectivity index (χ0) is 29.3. The molecule has 2 nitrogen and oxygen atoms in total. The molecular weight excluding hydrogens is 523 g/mol. The predicted octanol–water partition coefficient (Wildman–Crippen LogP) is 9.79. The molecule has 0 bridgehead atoms. The molecule has 0 atom stereocenters. The van der Waals surface area contributed by atoms with Gasteiger partial charge in [0.25, 0.3) is 0 Å². The van der Waals surface area contributed by atoms with E-state index < -0.39 is 7.12 Å². The van der Waals surface area contributed by atoms with Crippen LogP contribution in [0.1, 0.15) is 27.7 Å². The number of fused-ring (bicyclic) bond motifs is 3. The predicted molar refractivity (Wildman–Crippen MR) is 180 cm³/mol. The summed E-state index contributed by atoms with van der Waals surface area (Å²) in [5.74, 6) is 0.